The minimum atomic E-state index is -3.46. The summed E-state index contributed by atoms with van der Waals surface area (Å²) in [6.45, 7) is 5.20. The third kappa shape index (κ3) is 3.49. The van der Waals surface area contributed by atoms with Crippen LogP contribution in [0.1, 0.15) is 51.6 Å². The molecule has 0 saturated carbocycles. The zero-order chi connectivity index (χ0) is 15.5. The Hall–Kier alpha value is -0.850. The maximum atomic E-state index is 12.9. The lowest BCUT2D eigenvalue weighted by atomic mass is 10.1. The third-order valence-corrected chi connectivity index (χ3v) is 6.16. The molecule has 0 amide bonds. The van der Waals surface area contributed by atoms with Crippen molar-refractivity contribution in [2.45, 2.75) is 70.0 Å². The Morgan fingerprint density at radius 1 is 1.33 bits per heavy atom. The van der Waals surface area contributed by atoms with E-state index in [2.05, 4.69) is 0 Å². The highest BCUT2D eigenvalue weighted by molar-refractivity contribution is 7.89. The molecule has 120 valence electrons. The van der Waals surface area contributed by atoms with E-state index in [1.807, 2.05) is 18.4 Å². The standard InChI is InChI=1S/C15H26N2O3S/c1-3-8-16-11-15(10-14(16)12-18)21(19,20)17-9-6-4-5-7-13(17)2/h10-11,13,18H,3-9,12H2,1-2H3. The van der Waals surface area contributed by atoms with Crippen LogP contribution in [0.4, 0.5) is 0 Å². The molecule has 21 heavy (non-hydrogen) atoms. The topological polar surface area (TPSA) is 62.5 Å². The summed E-state index contributed by atoms with van der Waals surface area (Å²) in [5, 5.41) is 9.40. The summed E-state index contributed by atoms with van der Waals surface area (Å²) in [4.78, 5) is 0.314. The number of aliphatic hydroxyl groups excluding tert-OH is 1. The predicted octanol–water partition coefficient (Wildman–Crippen LogP) is 2.34. The first kappa shape index (κ1) is 16.5. The number of aliphatic hydroxyl groups is 1. The van der Waals surface area contributed by atoms with Crippen LogP contribution in [0.25, 0.3) is 0 Å². The molecule has 1 aromatic rings. The summed E-state index contributed by atoms with van der Waals surface area (Å²) in [5.41, 5.74) is 0.665. The number of aromatic nitrogens is 1. The zero-order valence-corrected chi connectivity index (χ0v) is 13.8. The highest BCUT2D eigenvalue weighted by atomic mass is 32.2. The van der Waals surface area contributed by atoms with Gasteiger partial charge in [0.25, 0.3) is 0 Å². The smallest absolute Gasteiger partial charge is 0.244 e. The molecule has 6 heteroatoms. The average molecular weight is 314 g/mol. The Morgan fingerprint density at radius 3 is 2.76 bits per heavy atom. The van der Waals surface area contributed by atoms with Gasteiger partial charge in [-0.3, -0.25) is 0 Å². The molecule has 1 aliphatic heterocycles. The maximum Gasteiger partial charge on any atom is 0.244 e. The fourth-order valence-electron chi connectivity index (χ4n) is 2.99. The second-order valence-corrected chi connectivity index (χ2v) is 7.72. The van der Waals surface area contributed by atoms with Crippen LogP contribution in [0.5, 0.6) is 0 Å². The molecule has 5 nitrogen and oxygen atoms in total. The van der Waals surface area contributed by atoms with Crippen molar-refractivity contribution in [1.82, 2.24) is 8.87 Å². The minimum absolute atomic E-state index is 0.0459. The SMILES string of the molecule is CCCn1cc(S(=O)(=O)N2CCCCCC2C)cc1CO. The normalized spacial score (nSPS) is 21.4. The van der Waals surface area contributed by atoms with Crippen molar-refractivity contribution in [3.05, 3.63) is 18.0 Å². The Labute approximate surface area is 127 Å². The predicted molar refractivity (Wildman–Crippen MR) is 82.5 cm³/mol. The van der Waals surface area contributed by atoms with Crippen molar-refractivity contribution in [1.29, 1.82) is 0 Å². The van der Waals surface area contributed by atoms with Crippen LogP contribution < -0.4 is 0 Å². The van der Waals surface area contributed by atoms with Crippen molar-refractivity contribution in [3.8, 4) is 0 Å². The molecular weight excluding hydrogens is 288 g/mol. The number of sulfonamides is 1. The van der Waals surface area contributed by atoms with E-state index in [1.54, 1.807) is 16.6 Å². The van der Waals surface area contributed by atoms with Crippen molar-refractivity contribution in [2.24, 2.45) is 0 Å². The van der Waals surface area contributed by atoms with E-state index in [0.717, 1.165) is 38.6 Å². The number of rotatable bonds is 5. The lowest BCUT2D eigenvalue weighted by Crippen LogP contribution is -2.38. The van der Waals surface area contributed by atoms with Crippen LogP contribution in [-0.4, -0.2) is 35.0 Å². The van der Waals surface area contributed by atoms with Gasteiger partial charge in [-0.15, -0.1) is 0 Å². The van der Waals surface area contributed by atoms with E-state index in [4.69, 9.17) is 0 Å². The highest BCUT2D eigenvalue weighted by Gasteiger charge is 2.31. The molecule has 0 aliphatic carbocycles. The Morgan fingerprint density at radius 2 is 2.10 bits per heavy atom. The summed E-state index contributed by atoms with van der Waals surface area (Å²) in [6, 6.07) is 1.66. The quantitative estimate of drug-likeness (QED) is 0.907. The molecule has 1 aliphatic rings. The number of aryl methyl sites for hydroxylation is 1. The van der Waals surface area contributed by atoms with E-state index in [9.17, 15) is 13.5 Å². The van der Waals surface area contributed by atoms with Gasteiger partial charge in [0.15, 0.2) is 0 Å². The molecule has 2 rings (SSSR count). The van der Waals surface area contributed by atoms with Crippen molar-refractivity contribution >= 4 is 10.0 Å². The van der Waals surface area contributed by atoms with Crippen LogP contribution in [0.3, 0.4) is 0 Å². The van der Waals surface area contributed by atoms with E-state index in [1.165, 1.54) is 0 Å². The second-order valence-electron chi connectivity index (χ2n) is 5.83. The van der Waals surface area contributed by atoms with E-state index in [0.29, 0.717) is 17.1 Å². The van der Waals surface area contributed by atoms with Crippen LogP contribution in [0.15, 0.2) is 17.2 Å². The molecule has 0 radical (unpaired) electrons. The largest absolute Gasteiger partial charge is 0.390 e. The Kier molecular flexibility index (Phi) is 5.46. The first-order valence-electron chi connectivity index (χ1n) is 7.82. The molecule has 1 unspecified atom stereocenters. The lowest BCUT2D eigenvalue weighted by Gasteiger charge is -2.25. The third-order valence-electron chi connectivity index (χ3n) is 4.19. The molecule has 0 aromatic carbocycles. The number of hydrogen-bond donors (Lipinski definition) is 1. The van der Waals surface area contributed by atoms with Crippen LogP contribution in [0.2, 0.25) is 0 Å². The van der Waals surface area contributed by atoms with Gasteiger partial charge in [-0.1, -0.05) is 19.8 Å². The summed E-state index contributed by atoms with van der Waals surface area (Å²) in [5.74, 6) is 0. The van der Waals surface area contributed by atoms with Crippen LogP contribution >= 0.6 is 0 Å². The van der Waals surface area contributed by atoms with Gasteiger partial charge in [0.2, 0.25) is 10.0 Å². The van der Waals surface area contributed by atoms with Gasteiger partial charge in [-0.05, 0) is 32.3 Å². The number of nitrogens with zero attached hydrogens (tertiary/aromatic N) is 2. The van der Waals surface area contributed by atoms with Crippen LogP contribution in [0, 0.1) is 0 Å². The van der Waals surface area contributed by atoms with E-state index >= 15 is 0 Å². The van der Waals surface area contributed by atoms with E-state index in [-0.39, 0.29) is 12.6 Å². The molecule has 1 aromatic heterocycles. The molecule has 1 saturated heterocycles. The van der Waals surface area contributed by atoms with Gasteiger partial charge in [-0.2, -0.15) is 4.31 Å². The monoisotopic (exact) mass is 314 g/mol. The van der Waals surface area contributed by atoms with E-state index < -0.39 is 10.0 Å². The molecule has 1 N–H and O–H groups in total. The van der Waals surface area contributed by atoms with Gasteiger partial charge in [0.05, 0.1) is 6.61 Å². The van der Waals surface area contributed by atoms with Crippen molar-refractivity contribution in [2.75, 3.05) is 6.54 Å². The Bertz CT molecular complexity index is 565. The first-order chi connectivity index (χ1) is 10.0. The van der Waals surface area contributed by atoms with Gasteiger partial charge >= 0.3 is 0 Å². The van der Waals surface area contributed by atoms with Gasteiger partial charge in [-0.25, -0.2) is 8.42 Å². The summed E-state index contributed by atoms with van der Waals surface area (Å²) in [7, 11) is -3.46. The molecule has 0 spiro atoms. The van der Waals surface area contributed by atoms with Gasteiger partial charge < -0.3 is 9.67 Å². The number of hydrogen-bond acceptors (Lipinski definition) is 3. The molecule has 0 bridgehead atoms. The van der Waals surface area contributed by atoms with Crippen molar-refractivity contribution in [3.63, 3.8) is 0 Å². The first-order valence-corrected chi connectivity index (χ1v) is 9.26. The van der Waals surface area contributed by atoms with Crippen molar-refractivity contribution < 1.29 is 13.5 Å². The maximum absolute atomic E-state index is 12.9. The highest BCUT2D eigenvalue weighted by Crippen LogP contribution is 2.26. The van der Waals surface area contributed by atoms with Gasteiger partial charge in [0.1, 0.15) is 4.90 Å². The second kappa shape index (κ2) is 6.94. The Balaban J connectivity index is 2.33. The minimum Gasteiger partial charge on any atom is -0.390 e. The zero-order valence-electron chi connectivity index (χ0n) is 13.0. The van der Waals surface area contributed by atoms with Crippen LogP contribution in [-0.2, 0) is 23.2 Å². The average Bonchev–Trinajstić information content (AvgIpc) is 2.73. The summed E-state index contributed by atoms with van der Waals surface area (Å²) < 4.78 is 29.2. The summed E-state index contributed by atoms with van der Waals surface area (Å²) in [6.07, 6.45) is 6.60. The molecule has 2 heterocycles. The molecule has 1 fully saturated rings. The lowest BCUT2D eigenvalue weighted by molar-refractivity contribution is 0.270. The van der Waals surface area contributed by atoms with Gasteiger partial charge in [0, 0.05) is 31.0 Å². The fourth-order valence-corrected chi connectivity index (χ4v) is 4.75. The summed E-state index contributed by atoms with van der Waals surface area (Å²) >= 11 is 0. The molecule has 1 atom stereocenters. The fraction of sp³-hybridized carbons (Fsp3) is 0.733. The molecular formula is C15H26N2O3S.